The highest BCUT2D eigenvalue weighted by molar-refractivity contribution is 6.04. The van der Waals surface area contributed by atoms with Crippen molar-refractivity contribution in [3.05, 3.63) is 41.7 Å². The summed E-state index contributed by atoms with van der Waals surface area (Å²) >= 11 is 0. The molecule has 1 aromatic carbocycles. The first-order chi connectivity index (χ1) is 8.33. The standard InChI is InChI=1S/C13H14N2O2/c1-16-11-5-3-10(4-6-11)9-15-13-12(17-2)7-8-14-13/h3-8H,9H2,1-2H3/p+1. The first-order valence-corrected chi connectivity index (χ1v) is 5.36. The number of amidine groups is 1. The lowest BCUT2D eigenvalue weighted by atomic mass is 10.2. The van der Waals surface area contributed by atoms with E-state index < -0.39 is 0 Å². The van der Waals surface area contributed by atoms with E-state index in [9.17, 15) is 0 Å². The van der Waals surface area contributed by atoms with Crippen LogP contribution < -0.4 is 14.7 Å². The van der Waals surface area contributed by atoms with Crippen LogP contribution in [0.1, 0.15) is 5.56 Å². The molecule has 0 unspecified atom stereocenters. The molecule has 1 N–H and O–H groups in total. The molecule has 1 aliphatic rings. The van der Waals surface area contributed by atoms with Gasteiger partial charge in [-0.3, -0.25) is 5.32 Å². The van der Waals surface area contributed by atoms with E-state index in [0.29, 0.717) is 6.54 Å². The van der Waals surface area contributed by atoms with E-state index in [0.717, 1.165) is 22.9 Å². The molecule has 0 saturated heterocycles. The highest BCUT2D eigenvalue weighted by atomic mass is 16.5. The van der Waals surface area contributed by atoms with Crippen molar-refractivity contribution in [1.29, 1.82) is 0 Å². The lowest BCUT2D eigenvalue weighted by Crippen LogP contribution is -2.26. The minimum atomic E-state index is 0.706. The summed E-state index contributed by atoms with van der Waals surface area (Å²) in [6.07, 6.45) is 3.55. The maximum absolute atomic E-state index is 5.17. The minimum absolute atomic E-state index is 0.706. The number of benzene rings is 1. The van der Waals surface area contributed by atoms with Gasteiger partial charge in [0.05, 0.1) is 14.2 Å². The SMILES string of the molecule is COC1=CC=[N+]=C1NCc1ccc(OC)cc1. The molecule has 0 spiro atoms. The number of nitrogens with one attached hydrogen (secondary N) is 1. The van der Waals surface area contributed by atoms with Crippen molar-refractivity contribution in [1.82, 2.24) is 9.98 Å². The Balaban J connectivity index is 1.94. The third-order valence-electron chi connectivity index (χ3n) is 2.50. The average molecular weight is 231 g/mol. The number of hydrogen-bond acceptors (Lipinski definition) is 3. The first kappa shape index (κ1) is 11.3. The fraction of sp³-hybridized carbons (Fsp3) is 0.231. The first-order valence-electron chi connectivity index (χ1n) is 5.36. The Morgan fingerprint density at radius 2 is 1.88 bits per heavy atom. The van der Waals surface area contributed by atoms with Crippen LogP contribution in [-0.2, 0) is 11.3 Å². The third kappa shape index (κ3) is 2.68. The minimum Gasteiger partial charge on any atom is -0.497 e. The van der Waals surface area contributed by atoms with Crippen molar-refractivity contribution in [2.24, 2.45) is 0 Å². The number of ether oxygens (including phenoxy) is 2. The molecule has 2 rings (SSSR count). The zero-order chi connectivity index (χ0) is 12.1. The maximum Gasteiger partial charge on any atom is 0.410 e. The number of hydrogen-bond donors (Lipinski definition) is 1. The Morgan fingerprint density at radius 3 is 2.53 bits per heavy atom. The molecule has 88 valence electrons. The van der Waals surface area contributed by atoms with Crippen LogP contribution in [0.3, 0.4) is 0 Å². The summed E-state index contributed by atoms with van der Waals surface area (Å²) in [6, 6.07) is 7.90. The van der Waals surface area contributed by atoms with Crippen molar-refractivity contribution in [3.8, 4) is 5.75 Å². The molecule has 1 aliphatic heterocycles. The lowest BCUT2D eigenvalue weighted by molar-refractivity contribution is 0.314. The monoisotopic (exact) mass is 231 g/mol. The molecule has 0 bridgehead atoms. The van der Waals surface area contributed by atoms with E-state index >= 15 is 0 Å². The molecule has 4 heteroatoms. The predicted octanol–water partition coefficient (Wildman–Crippen LogP) is 0.865. The van der Waals surface area contributed by atoms with E-state index in [4.69, 9.17) is 9.47 Å². The van der Waals surface area contributed by atoms with Gasteiger partial charge in [-0.1, -0.05) is 12.1 Å². The number of rotatable bonds is 4. The number of methoxy groups -OCH3 is 2. The second kappa shape index (κ2) is 5.23. The van der Waals surface area contributed by atoms with Crippen molar-refractivity contribution < 1.29 is 9.47 Å². The molecule has 17 heavy (non-hydrogen) atoms. The Morgan fingerprint density at radius 1 is 1.12 bits per heavy atom. The highest BCUT2D eigenvalue weighted by Crippen LogP contribution is 2.11. The van der Waals surface area contributed by atoms with E-state index in [1.807, 2.05) is 30.3 Å². The molecular weight excluding hydrogens is 216 g/mol. The normalized spacial score (nSPS) is 13.1. The Kier molecular flexibility index (Phi) is 3.48. The summed E-state index contributed by atoms with van der Waals surface area (Å²) in [7, 11) is 3.29. The summed E-state index contributed by atoms with van der Waals surface area (Å²) in [4.78, 5) is 0. The zero-order valence-electron chi connectivity index (χ0n) is 9.93. The summed E-state index contributed by atoms with van der Waals surface area (Å²) in [5.41, 5.74) is 1.16. The van der Waals surface area contributed by atoms with Gasteiger partial charge in [-0.05, 0) is 17.7 Å². The van der Waals surface area contributed by atoms with Gasteiger partial charge in [-0.25, -0.2) is 4.67 Å². The van der Waals surface area contributed by atoms with E-state index in [-0.39, 0.29) is 0 Å². The lowest BCUT2D eigenvalue weighted by Gasteiger charge is -2.02. The molecule has 0 aromatic heterocycles. The summed E-state index contributed by atoms with van der Waals surface area (Å²) in [5, 5.41) is 3.22. The van der Waals surface area contributed by atoms with E-state index in [2.05, 4.69) is 9.98 Å². The topological polar surface area (TPSA) is 44.6 Å². The van der Waals surface area contributed by atoms with Crippen LogP contribution in [0.4, 0.5) is 0 Å². The highest BCUT2D eigenvalue weighted by Gasteiger charge is 2.19. The second-order valence-electron chi connectivity index (χ2n) is 3.56. The molecule has 0 radical (unpaired) electrons. The van der Waals surface area contributed by atoms with Crippen LogP contribution in [0.15, 0.2) is 36.1 Å². The fourth-order valence-electron chi connectivity index (χ4n) is 1.55. The third-order valence-corrected chi connectivity index (χ3v) is 2.50. The summed E-state index contributed by atoms with van der Waals surface area (Å²) in [6.45, 7) is 0.706. The summed E-state index contributed by atoms with van der Waals surface area (Å²) < 4.78 is 14.4. The molecule has 0 fully saturated rings. The molecule has 0 atom stereocenters. The van der Waals surface area contributed by atoms with Gasteiger partial charge in [-0.2, -0.15) is 0 Å². The molecule has 1 aromatic rings. The van der Waals surface area contributed by atoms with Crippen molar-refractivity contribution >= 4 is 12.1 Å². The number of allylic oxidation sites excluding steroid dienone is 1. The van der Waals surface area contributed by atoms with Gasteiger partial charge in [0.2, 0.25) is 5.76 Å². The Labute approximate surface area is 100 Å². The van der Waals surface area contributed by atoms with Crippen LogP contribution in [0.5, 0.6) is 5.75 Å². The van der Waals surface area contributed by atoms with Gasteiger partial charge in [0.25, 0.3) is 0 Å². The van der Waals surface area contributed by atoms with E-state index in [1.54, 1.807) is 20.4 Å². The van der Waals surface area contributed by atoms with Crippen LogP contribution in [0.2, 0.25) is 0 Å². The van der Waals surface area contributed by atoms with Gasteiger partial charge in [0.1, 0.15) is 12.3 Å². The Bertz CT molecular complexity index is 483. The molecular formula is C13H15N2O2+. The van der Waals surface area contributed by atoms with Gasteiger partial charge in [0.15, 0.2) is 6.21 Å². The predicted molar refractivity (Wildman–Crippen MR) is 68.1 cm³/mol. The van der Waals surface area contributed by atoms with Gasteiger partial charge >= 0.3 is 5.84 Å². The second-order valence-corrected chi connectivity index (χ2v) is 3.56. The fourth-order valence-corrected chi connectivity index (χ4v) is 1.55. The molecule has 0 saturated carbocycles. The molecule has 1 heterocycles. The largest absolute Gasteiger partial charge is 0.497 e. The van der Waals surface area contributed by atoms with Gasteiger partial charge in [-0.15, -0.1) is 0 Å². The maximum atomic E-state index is 5.17. The number of nitrogens with zero attached hydrogens (tertiary/aromatic N) is 1. The van der Waals surface area contributed by atoms with Gasteiger partial charge in [0, 0.05) is 6.08 Å². The average Bonchev–Trinajstić information content (AvgIpc) is 2.84. The summed E-state index contributed by atoms with van der Waals surface area (Å²) in [5.74, 6) is 2.39. The van der Waals surface area contributed by atoms with E-state index in [1.165, 1.54) is 0 Å². The van der Waals surface area contributed by atoms with Crippen LogP contribution in [0.25, 0.3) is 0 Å². The van der Waals surface area contributed by atoms with Crippen LogP contribution in [-0.4, -0.2) is 26.3 Å². The molecule has 0 amide bonds. The van der Waals surface area contributed by atoms with Crippen LogP contribution in [0, 0.1) is 0 Å². The quantitative estimate of drug-likeness (QED) is 0.782. The Hall–Kier alpha value is -2.19. The van der Waals surface area contributed by atoms with Crippen molar-refractivity contribution in [2.45, 2.75) is 6.54 Å². The van der Waals surface area contributed by atoms with Crippen molar-refractivity contribution in [2.75, 3.05) is 14.2 Å². The zero-order valence-corrected chi connectivity index (χ0v) is 9.93. The van der Waals surface area contributed by atoms with Crippen molar-refractivity contribution in [3.63, 3.8) is 0 Å². The smallest absolute Gasteiger partial charge is 0.410 e. The molecule has 4 nitrogen and oxygen atoms in total. The van der Waals surface area contributed by atoms with Crippen LogP contribution >= 0.6 is 0 Å². The van der Waals surface area contributed by atoms with Gasteiger partial charge < -0.3 is 9.47 Å². The molecule has 0 aliphatic carbocycles.